The first kappa shape index (κ1) is 26.7. The van der Waals surface area contributed by atoms with E-state index in [-0.39, 0.29) is 37.0 Å². The number of carbonyl (C=O) groups is 4. The maximum Gasteiger partial charge on any atom is 0.338 e. The van der Waals surface area contributed by atoms with Gasteiger partial charge in [0.2, 0.25) is 11.7 Å². The summed E-state index contributed by atoms with van der Waals surface area (Å²) in [6, 6.07) is 12.7. The molecule has 35 heavy (non-hydrogen) atoms. The first-order valence-electron chi connectivity index (χ1n) is 11.5. The molecule has 2 atom stereocenters. The SMILES string of the molecule is CCCCOC(=O)c1ccc(N2C[C@H](C(=O)O[C@@H](CCCl)C(=O)c3ccc(Cl)cc3)CC2=O)cc1. The van der Waals surface area contributed by atoms with E-state index in [9.17, 15) is 19.2 Å². The fourth-order valence-electron chi connectivity index (χ4n) is 3.66. The topological polar surface area (TPSA) is 90.0 Å². The molecular formula is C26H27Cl2NO6. The zero-order valence-electron chi connectivity index (χ0n) is 19.4. The third-order valence-corrected chi connectivity index (χ3v) is 6.13. The van der Waals surface area contributed by atoms with E-state index in [4.69, 9.17) is 32.7 Å². The van der Waals surface area contributed by atoms with E-state index in [0.29, 0.717) is 28.4 Å². The van der Waals surface area contributed by atoms with Gasteiger partial charge in [0.1, 0.15) is 0 Å². The molecule has 0 bridgehead atoms. The number of ether oxygens (including phenoxy) is 2. The van der Waals surface area contributed by atoms with E-state index in [1.54, 1.807) is 48.5 Å². The fourth-order valence-corrected chi connectivity index (χ4v) is 3.99. The molecule has 1 heterocycles. The van der Waals surface area contributed by atoms with Gasteiger partial charge in [-0.15, -0.1) is 11.6 Å². The molecule has 0 aliphatic carbocycles. The summed E-state index contributed by atoms with van der Waals surface area (Å²) in [5.41, 5.74) is 1.30. The highest BCUT2D eigenvalue weighted by Crippen LogP contribution is 2.27. The van der Waals surface area contributed by atoms with Crippen LogP contribution < -0.4 is 4.90 Å². The minimum absolute atomic E-state index is 0.0393. The number of hydrogen-bond donors (Lipinski definition) is 0. The van der Waals surface area contributed by atoms with E-state index in [2.05, 4.69) is 0 Å². The third kappa shape index (κ3) is 7.05. The molecule has 186 valence electrons. The second-order valence-corrected chi connectivity index (χ2v) is 9.03. The predicted octanol–water partition coefficient (Wildman–Crippen LogP) is 5.07. The number of benzene rings is 2. The number of hydrogen-bond acceptors (Lipinski definition) is 6. The van der Waals surface area contributed by atoms with E-state index < -0.39 is 24.0 Å². The Labute approximate surface area is 214 Å². The Hall–Kier alpha value is -2.90. The van der Waals surface area contributed by atoms with Gasteiger partial charge in [0, 0.05) is 41.5 Å². The predicted molar refractivity (Wildman–Crippen MR) is 133 cm³/mol. The third-order valence-electron chi connectivity index (χ3n) is 5.65. The van der Waals surface area contributed by atoms with Crippen LogP contribution in [0.5, 0.6) is 0 Å². The van der Waals surface area contributed by atoms with Crippen LogP contribution in [0.25, 0.3) is 0 Å². The molecule has 0 spiro atoms. The number of rotatable bonds is 11. The van der Waals surface area contributed by atoms with Crippen LogP contribution in [0.15, 0.2) is 48.5 Å². The first-order valence-corrected chi connectivity index (χ1v) is 12.4. The van der Waals surface area contributed by atoms with Crippen LogP contribution in [-0.4, -0.2) is 48.8 Å². The Morgan fingerprint density at radius 2 is 1.71 bits per heavy atom. The second-order valence-electron chi connectivity index (χ2n) is 8.22. The number of alkyl halides is 1. The smallest absolute Gasteiger partial charge is 0.338 e. The zero-order chi connectivity index (χ0) is 25.4. The van der Waals surface area contributed by atoms with Crippen LogP contribution >= 0.6 is 23.2 Å². The molecule has 0 N–H and O–H groups in total. The lowest BCUT2D eigenvalue weighted by atomic mass is 10.0. The Balaban J connectivity index is 1.62. The van der Waals surface area contributed by atoms with Gasteiger partial charge in [-0.2, -0.15) is 0 Å². The zero-order valence-corrected chi connectivity index (χ0v) is 20.9. The van der Waals surface area contributed by atoms with Gasteiger partial charge in [0.05, 0.1) is 18.1 Å². The van der Waals surface area contributed by atoms with Crippen LogP contribution in [0.4, 0.5) is 5.69 Å². The van der Waals surface area contributed by atoms with Gasteiger partial charge in [-0.05, 0) is 55.0 Å². The van der Waals surface area contributed by atoms with Crippen LogP contribution in [0.2, 0.25) is 5.02 Å². The summed E-state index contributed by atoms with van der Waals surface area (Å²) in [6.07, 6.45) is 0.774. The molecule has 0 radical (unpaired) electrons. The van der Waals surface area contributed by atoms with Gasteiger partial charge >= 0.3 is 11.9 Å². The van der Waals surface area contributed by atoms with Crippen molar-refractivity contribution in [2.45, 2.75) is 38.7 Å². The summed E-state index contributed by atoms with van der Waals surface area (Å²) >= 11 is 11.7. The average Bonchev–Trinajstić information content (AvgIpc) is 3.25. The summed E-state index contributed by atoms with van der Waals surface area (Å²) < 4.78 is 10.7. The molecule has 7 nitrogen and oxygen atoms in total. The summed E-state index contributed by atoms with van der Waals surface area (Å²) in [5.74, 6) is -2.28. The highest BCUT2D eigenvalue weighted by molar-refractivity contribution is 6.30. The molecule has 1 aliphatic heterocycles. The van der Waals surface area contributed by atoms with Gasteiger partial charge in [-0.1, -0.05) is 24.9 Å². The number of unbranched alkanes of at least 4 members (excludes halogenated alkanes) is 1. The summed E-state index contributed by atoms with van der Waals surface area (Å²) in [6.45, 7) is 2.48. The van der Waals surface area contributed by atoms with Crippen molar-refractivity contribution in [2.75, 3.05) is 23.9 Å². The highest BCUT2D eigenvalue weighted by Gasteiger charge is 2.38. The number of anilines is 1. The minimum Gasteiger partial charge on any atom is -0.462 e. The van der Waals surface area contributed by atoms with E-state index in [0.717, 1.165) is 12.8 Å². The number of amides is 1. The molecule has 3 rings (SSSR count). The van der Waals surface area contributed by atoms with Crippen LogP contribution in [0.3, 0.4) is 0 Å². The second kappa shape index (κ2) is 12.7. The summed E-state index contributed by atoms with van der Waals surface area (Å²) in [5, 5.41) is 0.485. The van der Waals surface area contributed by atoms with Gasteiger partial charge in [-0.25, -0.2) is 4.79 Å². The van der Waals surface area contributed by atoms with Gasteiger partial charge in [-0.3, -0.25) is 14.4 Å². The maximum absolute atomic E-state index is 12.8. The van der Waals surface area contributed by atoms with Crippen LogP contribution in [0, 0.1) is 5.92 Å². The molecule has 1 aliphatic rings. The van der Waals surface area contributed by atoms with Crippen LogP contribution in [0.1, 0.15) is 53.3 Å². The molecule has 2 aromatic rings. The number of Topliss-reactive ketones (excluding diaryl/α,β-unsaturated/α-hetero) is 1. The van der Waals surface area contributed by atoms with Crippen molar-refractivity contribution in [3.63, 3.8) is 0 Å². The summed E-state index contributed by atoms with van der Waals surface area (Å²) in [4.78, 5) is 51.8. The Morgan fingerprint density at radius 1 is 1.06 bits per heavy atom. The fraction of sp³-hybridized carbons (Fsp3) is 0.385. The quantitative estimate of drug-likeness (QED) is 0.178. The van der Waals surface area contributed by atoms with Gasteiger partial charge in [0.25, 0.3) is 0 Å². The Bertz CT molecular complexity index is 1050. The molecule has 0 aromatic heterocycles. The van der Waals surface area contributed by atoms with Crippen molar-refractivity contribution in [2.24, 2.45) is 5.92 Å². The van der Waals surface area contributed by atoms with E-state index >= 15 is 0 Å². The Morgan fingerprint density at radius 3 is 2.34 bits per heavy atom. The minimum atomic E-state index is -1.05. The number of halogens is 2. The van der Waals surface area contributed by atoms with Crippen molar-refractivity contribution in [1.82, 2.24) is 0 Å². The average molecular weight is 520 g/mol. The van der Waals surface area contributed by atoms with Crippen molar-refractivity contribution in [1.29, 1.82) is 0 Å². The van der Waals surface area contributed by atoms with Gasteiger partial charge in [0.15, 0.2) is 6.10 Å². The van der Waals surface area contributed by atoms with E-state index in [1.165, 1.54) is 4.90 Å². The monoisotopic (exact) mass is 519 g/mol. The summed E-state index contributed by atoms with van der Waals surface area (Å²) in [7, 11) is 0. The van der Waals surface area contributed by atoms with Crippen molar-refractivity contribution < 1.29 is 28.7 Å². The number of carbonyl (C=O) groups excluding carboxylic acids is 4. The lowest BCUT2D eigenvalue weighted by Crippen LogP contribution is -2.32. The maximum atomic E-state index is 12.8. The Kier molecular flexibility index (Phi) is 9.69. The lowest BCUT2D eigenvalue weighted by Gasteiger charge is -2.19. The normalized spacial score (nSPS) is 16.1. The molecule has 9 heteroatoms. The number of ketones is 1. The van der Waals surface area contributed by atoms with E-state index in [1.807, 2.05) is 6.92 Å². The molecule has 0 unspecified atom stereocenters. The lowest BCUT2D eigenvalue weighted by molar-refractivity contribution is -0.151. The molecule has 1 saturated heterocycles. The highest BCUT2D eigenvalue weighted by atomic mass is 35.5. The standard InChI is InChI=1S/C26H27Cl2NO6/c1-2-3-14-34-25(32)18-6-10-21(11-7-18)29-16-19(15-23(29)30)26(33)35-22(12-13-27)24(31)17-4-8-20(28)9-5-17/h4-11,19,22H,2-3,12-16H2,1H3/t19-,22+/m1/s1. The number of nitrogens with zero attached hydrogens (tertiary/aromatic N) is 1. The van der Waals surface area contributed by atoms with Crippen molar-refractivity contribution >= 4 is 52.5 Å². The van der Waals surface area contributed by atoms with Crippen LogP contribution in [-0.2, 0) is 19.1 Å². The number of esters is 2. The van der Waals surface area contributed by atoms with Crippen molar-refractivity contribution in [3.8, 4) is 0 Å². The molecule has 2 aromatic carbocycles. The first-order chi connectivity index (χ1) is 16.8. The molecular weight excluding hydrogens is 493 g/mol. The molecule has 1 amide bonds. The molecule has 0 saturated carbocycles. The molecule has 1 fully saturated rings. The van der Waals surface area contributed by atoms with Crippen molar-refractivity contribution in [3.05, 3.63) is 64.7 Å². The van der Waals surface area contributed by atoms with Gasteiger partial charge < -0.3 is 14.4 Å². The largest absolute Gasteiger partial charge is 0.462 e.